The minimum Gasteiger partial charge on any atom is -0.508 e. The van der Waals surface area contributed by atoms with Crippen LogP contribution in [0, 0.1) is 0 Å². The van der Waals surface area contributed by atoms with Crippen LogP contribution in [0.4, 0.5) is 0 Å². The number of amides is 1. The van der Waals surface area contributed by atoms with Crippen molar-refractivity contribution in [3.8, 4) is 5.75 Å². The van der Waals surface area contributed by atoms with Gasteiger partial charge in [0.05, 0.1) is 6.21 Å². The number of nitrogens with zero attached hydrogens (tertiary/aromatic N) is 2. The number of aromatic amines is 1. The molecule has 0 spiro atoms. The second-order valence-electron chi connectivity index (χ2n) is 5.71. The molecule has 0 atom stereocenters. The molecule has 0 aliphatic carbocycles. The normalized spacial score (nSPS) is 11.8. The van der Waals surface area contributed by atoms with Crippen LogP contribution in [0.5, 0.6) is 5.75 Å². The minimum atomic E-state index is -0.391. The molecule has 6 heteroatoms. The molecule has 21 heavy (non-hydrogen) atoms. The summed E-state index contributed by atoms with van der Waals surface area (Å²) in [5.41, 5.74) is 4.15. The zero-order valence-electron chi connectivity index (χ0n) is 12.2. The number of benzene rings is 1. The molecule has 0 radical (unpaired) electrons. The van der Waals surface area contributed by atoms with Gasteiger partial charge in [0.2, 0.25) is 0 Å². The molecule has 0 aliphatic heterocycles. The number of aromatic nitrogens is 2. The summed E-state index contributed by atoms with van der Waals surface area (Å²) in [6, 6.07) is 8.28. The van der Waals surface area contributed by atoms with E-state index in [1.54, 1.807) is 30.3 Å². The van der Waals surface area contributed by atoms with Crippen molar-refractivity contribution in [2.75, 3.05) is 0 Å². The largest absolute Gasteiger partial charge is 0.508 e. The van der Waals surface area contributed by atoms with Crippen molar-refractivity contribution in [3.63, 3.8) is 0 Å². The molecule has 110 valence electrons. The van der Waals surface area contributed by atoms with Gasteiger partial charge < -0.3 is 5.11 Å². The van der Waals surface area contributed by atoms with E-state index >= 15 is 0 Å². The van der Waals surface area contributed by atoms with Gasteiger partial charge in [-0.2, -0.15) is 10.2 Å². The standard InChI is InChI=1S/C15H18N4O2/c1-15(2,3)13-8-12(17-18-13)14(21)19-16-9-10-5-4-6-11(20)7-10/h4-9,20H,1-3H3,(H,17,18)(H,19,21)/b16-9+. The van der Waals surface area contributed by atoms with Crippen molar-refractivity contribution in [2.24, 2.45) is 5.10 Å². The number of carbonyl (C=O) groups excluding carboxylic acids is 1. The molecule has 1 aromatic heterocycles. The van der Waals surface area contributed by atoms with E-state index in [-0.39, 0.29) is 16.9 Å². The first kappa shape index (κ1) is 14.8. The van der Waals surface area contributed by atoms with Gasteiger partial charge in [0.15, 0.2) is 5.69 Å². The molecule has 0 aliphatic rings. The average Bonchev–Trinajstić information content (AvgIpc) is 2.88. The molecule has 3 N–H and O–H groups in total. The molecule has 0 saturated carbocycles. The zero-order chi connectivity index (χ0) is 15.5. The molecule has 1 heterocycles. The molecule has 6 nitrogen and oxygen atoms in total. The number of phenols is 1. The number of hydrazone groups is 1. The van der Waals surface area contributed by atoms with Gasteiger partial charge in [-0.15, -0.1) is 0 Å². The number of rotatable bonds is 3. The van der Waals surface area contributed by atoms with Crippen molar-refractivity contribution >= 4 is 12.1 Å². The Labute approximate surface area is 122 Å². The first-order valence-corrected chi connectivity index (χ1v) is 6.54. The van der Waals surface area contributed by atoms with Gasteiger partial charge >= 0.3 is 0 Å². The number of nitrogens with one attached hydrogen (secondary N) is 2. The summed E-state index contributed by atoms with van der Waals surface area (Å²) in [7, 11) is 0. The highest BCUT2D eigenvalue weighted by Gasteiger charge is 2.18. The number of phenolic OH excluding ortho intramolecular Hbond substituents is 1. The van der Waals surface area contributed by atoms with Crippen LogP contribution in [0.1, 0.15) is 42.5 Å². The third-order valence-corrected chi connectivity index (χ3v) is 2.87. The highest BCUT2D eigenvalue weighted by Crippen LogP contribution is 2.20. The molecule has 2 rings (SSSR count). The van der Waals surface area contributed by atoms with E-state index in [2.05, 4.69) is 20.7 Å². The molecule has 2 aromatic rings. The lowest BCUT2D eigenvalue weighted by Gasteiger charge is -2.14. The third-order valence-electron chi connectivity index (χ3n) is 2.87. The van der Waals surface area contributed by atoms with Gasteiger partial charge in [-0.3, -0.25) is 9.89 Å². The first-order valence-electron chi connectivity index (χ1n) is 6.54. The van der Waals surface area contributed by atoms with Crippen molar-refractivity contribution in [3.05, 3.63) is 47.3 Å². The minimum absolute atomic E-state index is 0.101. The van der Waals surface area contributed by atoms with Crippen LogP contribution in [0.15, 0.2) is 35.4 Å². The molecule has 1 aromatic carbocycles. The van der Waals surface area contributed by atoms with E-state index in [4.69, 9.17) is 0 Å². The molecular formula is C15H18N4O2. The number of carbonyl (C=O) groups is 1. The fourth-order valence-corrected chi connectivity index (χ4v) is 1.65. The van der Waals surface area contributed by atoms with Crippen LogP contribution < -0.4 is 5.43 Å². The number of aromatic hydroxyl groups is 1. The lowest BCUT2D eigenvalue weighted by atomic mass is 9.92. The maximum atomic E-state index is 11.9. The summed E-state index contributed by atoms with van der Waals surface area (Å²) >= 11 is 0. The van der Waals surface area contributed by atoms with E-state index in [1.807, 2.05) is 20.8 Å². The SMILES string of the molecule is CC(C)(C)c1cc(C(=O)N/N=C/c2cccc(O)c2)n[nH]1. The lowest BCUT2D eigenvalue weighted by Crippen LogP contribution is -2.18. The Morgan fingerprint density at radius 3 is 2.76 bits per heavy atom. The molecular weight excluding hydrogens is 268 g/mol. The van der Waals surface area contributed by atoms with Crippen LogP contribution in [-0.2, 0) is 5.41 Å². The van der Waals surface area contributed by atoms with E-state index < -0.39 is 5.91 Å². The Bertz CT molecular complexity index is 668. The smallest absolute Gasteiger partial charge is 0.291 e. The second-order valence-corrected chi connectivity index (χ2v) is 5.71. The van der Waals surface area contributed by atoms with Crippen LogP contribution in [-0.4, -0.2) is 27.4 Å². The number of hydrogen-bond donors (Lipinski definition) is 3. The molecule has 0 bridgehead atoms. The maximum Gasteiger partial charge on any atom is 0.291 e. The number of H-pyrrole nitrogens is 1. The predicted molar refractivity (Wildman–Crippen MR) is 80.5 cm³/mol. The summed E-state index contributed by atoms with van der Waals surface area (Å²) in [5.74, 6) is -0.245. The van der Waals surface area contributed by atoms with Gasteiger partial charge in [0, 0.05) is 11.1 Å². The van der Waals surface area contributed by atoms with Crippen LogP contribution in [0.3, 0.4) is 0 Å². The first-order chi connectivity index (χ1) is 9.86. The zero-order valence-corrected chi connectivity index (χ0v) is 12.2. The Hall–Kier alpha value is -2.63. The van der Waals surface area contributed by atoms with Crippen molar-refractivity contribution in [1.29, 1.82) is 0 Å². The van der Waals surface area contributed by atoms with E-state index in [1.165, 1.54) is 6.21 Å². The fourth-order valence-electron chi connectivity index (χ4n) is 1.65. The third kappa shape index (κ3) is 3.92. The second kappa shape index (κ2) is 5.78. The number of hydrogen-bond acceptors (Lipinski definition) is 4. The quantitative estimate of drug-likeness (QED) is 0.596. The van der Waals surface area contributed by atoms with E-state index in [9.17, 15) is 9.90 Å². The highest BCUT2D eigenvalue weighted by atomic mass is 16.3. The van der Waals surface area contributed by atoms with Gasteiger partial charge in [-0.1, -0.05) is 32.9 Å². The van der Waals surface area contributed by atoms with Gasteiger partial charge in [-0.25, -0.2) is 5.43 Å². The van der Waals surface area contributed by atoms with Crippen molar-refractivity contribution in [2.45, 2.75) is 26.2 Å². The average molecular weight is 286 g/mol. The highest BCUT2D eigenvalue weighted by molar-refractivity contribution is 5.93. The van der Waals surface area contributed by atoms with Crippen LogP contribution in [0.2, 0.25) is 0 Å². The lowest BCUT2D eigenvalue weighted by molar-refractivity contribution is 0.0950. The topological polar surface area (TPSA) is 90.4 Å². The Morgan fingerprint density at radius 2 is 2.14 bits per heavy atom. The van der Waals surface area contributed by atoms with Gasteiger partial charge in [0.25, 0.3) is 5.91 Å². The molecule has 0 saturated heterocycles. The monoisotopic (exact) mass is 286 g/mol. The molecule has 1 amide bonds. The van der Waals surface area contributed by atoms with Crippen molar-refractivity contribution in [1.82, 2.24) is 15.6 Å². The van der Waals surface area contributed by atoms with Gasteiger partial charge in [-0.05, 0) is 23.8 Å². The van der Waals surface area contributed by atoms with Gasteiger partial charge in [0.1, 0.15) is 5.75 Å². The summed E-state index contributed by atoms with van der Waals surface area (Å²) < 4.78 is 0. The van der Waals surface area contributed by atoms with Crippen LogP contribution in [0.25, 0.3) is 0 Å². The summed E-state index contributed by atoms with van der Waals surface area (Å²) in [5, 5.41) is 20.0. The summed E-state index contributed by atoms with van der Waals surface area (Å²) in [6.45, 7) is 6.09. The molecule has 0 fully saturated rings. The van der Waals surface area contributed by atoms with Crippen LogP contribution >= 0.6 is 0 Å². The van der Waals surface area contributed by atoms with E-state index in [0.29, 0.717) is 5.56 Å². The van der Waals surface area contributed by atoms with E-state index in [0.717, 1.165) is 5.69 Å². The predicted octanol–water partition coefficient (Wildman–Crippen LogP) is 2.18. The Balaban J connectivity index is 2.00. The summed E-state index contributed by atoms with van der Waals surface area (Å²) in [4.78, 5) is 11.9. The molecule has 0 unspecified atom stereocenters. The fraction of sp³-hybridized carbons (Fsp3) is 0.267. The maximum absolute atomic E-state index is 11.9. The van der Waals surface area contributed by atoms with Crippen molar-refractivity contribution < 1.29 is 9.90 Å². The Morgan fingerprint density at radius 1 is 1.38 bits per heavy atom. The Kier molecular flexibility index (Phi) is 4.07. The summed E-state index contributed by atoms with van der Waals surface area (Å²) in [6.07, 6.45) is 1.45.